The van der Waals surface area contributed by atoms with Gasteiger partial charge in [-0.15, -0.1) is 0 Å². The van der Waals surface area contributed by atoms with Crippen molar-refractivity contribution in [3.63, 3.8) is 0 Å². The SMILES string of the molecule is Cc1ccc(S(=O)(=O)NC[C@@H](c2ccc(N(C)C)cc2)N2CCN(C)CC2)cc1C. The second-order valence-electron chi connectivity index (χ2n) is 8.44. The standard InChI is InChI=1S/C23H34N4O2S/c1-18-6-11-22(16-19(18)2)30(28,29)24-17-23(27-14-12-26(5)13-15-27)20-7-9-21(10-8-20)25(3)4/h6-11,16,23-24H,12-15,17H2,1-5H3/t23-/m0/s1. The van der Waals surface area contributed by atoms with Gasteiger partial charge in [0.1, 0.15) is 0 Å². The number of piperazine rings is 1. The molecule has 0 aliphatic carbocycles. The summed E-state index contributed by atoms with van der Waals surface area (Å²) in [5, 5.41) is 0. The Morgan fingerprint density at radius 3 is 2.17 bits per heavy atom. The number of anilines is 1. The van der Waals surface area contributed by atoms with E-state index >= 15 is 0 Å². The molecule has 1 N–H and O–H groups in total. The number of hydrogen-bond acceptors (Lipinski definition) is 5. The van der Waals surface area contributed by atoms with Gasteiger partial charge in [0.15, 0.2) is 0 Å². The lowest BCUT2D eigenvalue weighted by atomic mass is 10.0. The third-order valence-corrected chi connectivity index (χ3v) is 7.45. The first kappa shape index (κ1) is 22.7. The maximum Gasteiger partial charge on any atom is 0.240 e. The topological polar surface area (TPSA) is 55.9 Å². The third-order valence-electron chi connectivity index (χ3n) is 6.03. The molecule has 1 fully saturated rings. The van der Waals surface area contributed by atoms with Crippen molar-refractivity contribution in [2.45, 2.75) is 24.8 Å². The third kappa shape index (κ3) is 5.40. The first-order valence-corrected chi connectivity index (χ1v) is 11.9. The van der Waals surface area contributed by atoms with E-state index < -0.39 is 10.0 Å². The van der Waals surface area contributed by atoms with E-state index in [1.165, 1.54) is 0 Å². The average molecular weight is 431 g/mol. The van der Waals surface area contributed by atoms with Crippen molar-refractivity contribution < 1.29 is 8.42 Å². The van der Waals surface area contributed by atoms with Crippen molar-refractivity contribution in [1.29, 1.82) is 0 Å². The molecule has 0 aromatic heterocycles. The fraction of sp³-hybridized carbons (Fsp3) is 0.478. The highest BCUT2D eigenvalue weighted by Crippen LogP contribution is 2.25. The molecule has 0 unspecified atom stereocenters. The van der Waals surface area contributed by atoms with Gasteiger partial charge in [0.2, 0.25) is 10.0 Å². The zero-order valence-electron chi connectivity index (χ0n) is 18.7. The Morgan fingerprint density at radius 2 is 1.60 bits per heavy atom. The number of benzene rings is 2. The molecule has 7 heteroatoms. The number of sulfonamides is 1. The van der Waals surface area contributed by atoms with Gasteiger partial charge in [-0.05, 0) is 61.9 Å². The summed E-state index contributed by atoms with van der Waals surface area (Å²) in [4.78, 5) is 7.08. The van der Waals surface area contributed by atoms with Crippen LogP contribution in [0.1, 0.15) is 22.7 Å². The summed E-state index contributed by atoms with van der Waals surface area (Å²) in [6.45, 7) is 8.07. The monoisotopic (exact) mass is 430 g/mol. The van der Waals surface area contributed by atoms with Crippen LogP contribution in [-0.4, -0.2) is 72.1 Å². The van der Waals surface area contributed by atoms with Gasteiger partial charge in [-0.3, -0.25) is 4.90 Å². The van der Waals surface area contributed by atoms with Crippen LogP contribution in [0, 0.1) is 13.8 Å². The largest absolute Gasteiger partial charge is 0.378 e. The minimum absolute atomic E-state index is 0.00349. The molecule has 1 aliphatic heterocycles. The van der Waals surface area contributed by atoms with Gasteiger partial charge in [-0.25, -0.2) is 13.1 Å². The highest BCUT2D eigenvalue weighted by atomic mass is 32.2. The molecule has 1 atom stereocenters. The van der Waals surface area contributed by atoms with Gasteiger partial charge < -0.3 is 9.80 Å². The number of nitrogens with one attached hydrogen (secondary N) is 1. The maximum absolute atomic E-state index is 13.0. The predicted molar refractivity (Wildman–Crippen MR) is 124 cm³/mol. The normalized spacial score (nSPS) is 17.1. The molecule has 2 aromatic rings. The van der Waals surface area contributed by atoms with Crippen LogP contribution in [0.15, 0.2) is 47.4 Å². The number of aryl methyl sites for hydroxylation is 2. The summed E-state index contributed by atoms with van der Waals surface area (Å²) in [7, 11) is 2.59. The molecular formula is C23H34N4O2S. The number of nitrogens with zero attached hydrogens (tertiary/aromatic N) is 3. The van der Waals surface area contributed by atoms with E-state index in [4.69, 9.17) is 0 Å². The van der Waals surface area contributed by atoms with Gasteiger partial charge in [0.25, 0.3) is 0 Å². The van der Waals surface area contributed by atoms with Gasteiger partial charge >= 0.3 is 0 Å². The molecule has 0 spiro atoms. The highest BCUT2D eigenvalue weighted by Gasteiger charge is 2.26. The molecule has 1 aliphatic rings. The van der Waals surface area contributed by atoms with Crippen molar-refractivity contribution in [2.24, 2.45) is 0 Å². The van der Waals surface area contributed by atoms with E-state index in [9.17, 15) is 8.42 Å². The second kappa shape index (κ2) is 9.47. The lowest BCUT2D eigenvalue weighted by molar-refractivity contribution is 0.113. The minimum atomic E-state index is -3.57. The molecule has 30 heavy (non-hydrogen) atoms. The summed E-state index contributed by atoms with van der Waals surface area (Å²) in [6.07, 6.45) is 0. The Hall–Kier alpha value is -1.93. The molecule has 164 valence electrons. The summed E-state index contributed by atoms with van der Waals surface area (Å²) < 4.78 is 28.8. The van der Waals surface area contributed by atoms with E-state index in [0.29, 0.717) is 11.4 Å². The Balaban J connectivity index is 1.82. The van der Waals surface area contributed by atoms with Crippen LogP contribution >= 0.6 is 0 Å². The Kier molecular flexibility index (Phi) is 7.18. The van der Waals surface area contributed by atoms with Crippen molar-refractivity contribution in [3.05, 3.63) is 59.2 Å². The second-order valence-corrected chi connectivity index (χ2v) is 10.2. The number of rotatable bonds is 7. The number of likely N-dealkylation sites (N-methyl/N-ethyl adjacent to an activating group) is 1. The lowest BCUT2D eigenvalue weighted by Gasteiger charge is -2.38. The van der Waals surface area contributed by atoms with Crippen molar-refractivity contribution in [2.75, 3.05) is 58.8 Å². The summed E-state index contributed by atoms with van der Waals surface area (Å²) in [6, 6.07) is 13.7. The molecule has 6 nitrogen and oxygen atoms in total. The predicted octanol–water partition coefficient (Wildman–Crippen LogP) is 2.64. The van der Waals surface area contributed by atoms with Crippen molar-refractivity contribution >= 4 is 15.7 Å². The van der Waals surface area contributed by atoms with E-state index in [2.05, 4.69) is 50.7 Å². The maximum atomic E-state index is 13.0. The molecule has 0 saturated carbocycles. The van der Waals surface area contributed by atoms with E-state index in [1.54, 1.807) is 12.1 Å². The molecule has 0 amide bonds. The minimum Gasteiger partial charge on any atom is -0.378 e. The molecule has 1 saturated heterocycles. The summed E-state index contributed by atoms with van der Waals surface area (Å²) in [5.41, 5.74) is 4.33. The van der Waals surface area contributed by atoms with Crippen molar-refractivity contribution in [3.8, 4) is 0 Å². The van der Waals surface area contributed by atoms with Crippen LogP contribution in [0.5, 0.6) is 0 Å². The first-order valence-electron chi connectivity index (χ1n) is 10.4. The van der Waals surface area contributed by atoms with E-state index in [0.717, 1.165) is 48.6 Å². The smallest absolute Gasteiger partial charge is 0.240 e. The summed E-state index contributed by atoms with van der Waals surface area (Å²) >= 11 is 0. The Morgan fingerprint density at radius 1 is 0.967 bits per heavy atom. The van der Waals surface area contributed by atoms with Gasteiger partial charge in [-0.1, -0.05) is 18.2 Å². The molecule has 2 aromatic carbocycles. The highest BCUT2D eigenvalue weighted by molar-refractivity contribution is 7.89. The van der Waals surface area contributed by atoms with Crippen LogP contribution in [-0.2, 0) is 10.0 Å². The average Bonchev–Trinajstić information content (AvgIpc) is 2.71. The van der Waals surface area contributed by atoms with Gasteiger partial charge in [-0.2, -0.15) is 0 Å². The number of hydrogen-bond donors (Lipinski definition) is 1. The quantitative estimate of drug-likeness (QED) is 0.732. The zero-order chi connectivity index (χ0) is 21.9. The van der Waals surface area contributed by atoms with Crippen molar-refractivity contribution in [1.82, 2.24) is 14.5 Å². The zero-order valence-corrected chi connectivity index (χ0v) is 19.5. The van der Waals surface area contributed by atoms with Crippen LogP contribution < -0.4 is 9.62 Å². The molecule has 0 radical (unpaired) electrons. The van der Waals surface area contributed by atoms with E-state index in [-0.39, 0.29) is 6.04 Å². The van der Waals surface area contributed by atoms with Gasteiger partial charge in [0, 0.05) is 58.5 Å². The molecular weight excluding hydrogens is 396 g/mol. The van der Waals surface area contributed by atoms with Crippen LogP contribution in [0.3, 0.4) is 0 Å². The first-order chi connectivity index (χ1) is 14.2. The van der Waals surface area contributed by atoms with E-state index in [1.807, 2.05) is 34.0 Å². The van der Waals surface area contributed by atoms with Crippen LogP contribution in [0.25, 0.3) is 0 Å². The van der Waals surface area contributed by atoms with Crippen LogP contribution in [0.2, 0.25) is 0 Å². The molecule has 0 bridgehead atoms. The molecule has 1 heterocycles. The summed E-state index contributed by atoms with van der Waals surface area (Å²) in [5.74, 6) is 0. The lowest BCUT2D eigenvalue weighted by Crippen LogP contribution is -2.48. The van der Waals surface area contributed by atoms with Crippen LogP contribution in [0.4, 0.5) is 5.69 Å². The fourth-order valence-corrected chi connectivity index (χ4v) is 4.86. The fourth-order valence-electron chi connectivity index (χ4n) is 3.74. The molecule has 3 rings (SSSR count). The Bertz CT molecular complexity index is 950. The van der Waals surface area contributed by atoms with Gasteiger partial charge in [0.05, 0.1) is 4.90 Å². The Labute approximate surface area is 181 Å².